The van der Waals surface area contributed by atoms with Gasteiger partial charge in [-0.3, -0.25) is 5.43 Å². The highest BCUT2D eigenvalue weighted by Gasteiger charge is 1.99. The molecule has 5 nitrogen and oxygen atoms in total. The van der Waals surface area contributed by atoms with Gasteiger partial charge in [0.1, 0.15) is 0 Å². The fourth-order valence-corrected chi connectivity index (χ4v) is 1.31. The molecule has 2 aromatic rings. The van der Waals surface area contributed by atoms with E-state index in [4.69, 9.17) is 5.73 Å². The van der Waals surface area contributed by atoms with E-state index in [0.717, 1.165) is 16.6 Å². The first-order valence-electron chi connectivity index (χ1n) is 4.28. The fourth-order valence-electron chi connectivity index (χ4n) is 1.26. The summed E-state index contributed by atoms with van der Waals surface area (Å²) < 4.78 is 0. The number of hydrazone groups is 1. The van der Waals surface area contributed by atoms with Gasteiger partial charge in [0.25, 0.3) is 0 Å². The van der Waals surface area contributed by atoms with Gasteiger partial charge in [-0.05, 0) is 18.3 Å². The second-order valence-corrected chi connectivity index (χ2v) is 3.32. The predicted octanol–water partition coefficient (Wildman–Crippen LogP) is 0.730. The monoisotopic (exact) mass is 219 g/mol. The number of aromatic amines is 1. The third kappa shape index (κ3) is 2.10. The van der Waals surface area contributed by atoms with Crippen molar-refractivity contribution in [2.75, 3.05) is 0 Å². The van der Waals surface area contributed by atoms with E-state index in [2.05, 4.69) is 32.7 Å². The Bertz CT molecular complexity index is 516. The van der Waals surface area contributed by atoms with Gasteiger partial charge in [0, 0.05) is 5.56 Å². The van der Waals surface area contributed by atoms with Crippen molar-refractivity contribution in [1.29, 1.82) is 0 Å². The van der Waals surface area contributed by atoms with E-state index < -0.39 is 0 Å². The third-order valence-electron chi connectivity index (χ3n) is 1.86. The number of nitrogens with two attached hydrogens (primary N) is 1. The van der Waals surface area contributed by atoms with E-state index in [1.807, 2.05) is 18.2 Å². The zero-order chi connectivity index (χ0) is 10.7. The quantitative estimate of drug-likeness (QED) is 0.395. The molecule has 0 aliphatic rings. The summed E-state index contributed by atoms with van der Waals surface area (Å²) in [6.45, 7) is 0. The van der Waals surface area contributed by atoms with Crippen molar-refractivity contribution in [1.82, 2.24) is 15.4 Å². The van der Waals surface area contributed by atoms with Crippen LogP contribution in [0, 0.1) is 0 Å². The van der Waals surface area contributed by atoms with Crippen molar-refractivity contribution in [2.45, 2.75) is 0 Å². The lowest BCUT2D eigenvalue weighted by atomic mass is 10.2. The van der Waals surface area contributed by atoms with Crippen LogP contribution in [-0.4, -0.2) is 21.3 Å². The summed E-state index contributed by atoms with van der Waals surface area (Å²) in [5, 5.41) is 4.02. The molecule has 0 unspecified atom stereocenters. The van der Waals surface area contributed by atoms with E-state index in [9.17, 15) is 0 Å². The van der Waals surface area contributed by atoms with Crippen LogP contribution in [-0.2, 0) is 0 Å². The van der Waals surface area contributed by atoms with Crippen LogP contribution >= 0.6 is 12.2 Å². The zero-order valence-electron chi connectivity index (χ0n) is 7.77. The Balaban J connectivity index is 2.31. The Morgan fingerprint density at radius 2 is 2.47 bits per heavy atom. The zero-order valence-corrected chi connectivity index (χ0v) is 8.58. The molecule has 1 heterocycles. The summed E-state index contributed by atoms with van der Waals surface area (Å²) in [6.07, 6.45) is 3.27. The SMILES string of the molecule is NC(=S)NN=Cc1cccc2[nH]cnc12. The van der Waals surface area contributed by atoms with E-state index in [1.165, 1.54) is 0 Å². The molecule has 2 rings (SSSR count). The van der Waals surface area contributed by atoms with Crippen molar-refractivity contribution < 1.29 is 0 Å². The van der Waals surface area contributed by atoms with Crippen LogP contribution in [0.4, 0.5) is 0 Å². The minimum absolute atomic E-state index is 0.139. The predicted molar refractivity (Wildman–Crippen MR) is 63.6 cm³/mol. The highest BCUT2D eigenvalue weighted by atomic mass is 32.1. The fraction of sp³-hybridized carbons (Fsp3) is 0. The molecule has 4 N–H and O–H groups in total. The first kappa shape index (κ1) is 9.60. The third-order valence-corrected chi connectivity index (χ3v) is 1.95. The summed E-state index contributed by atoms with van der Waals surface area (Å²) in [4.78, 5) is 7.19. The maximum Gasteiger partial charge on any atom is 0.184 e. The largest absolute Gasteiger partial charge is 0.375 e. The lowest BCUT2D eigenvalue weighted by Crippen LogP contribution is -2.24. The molecule has 0 saturated heterocycles. The van der Waals surface area contributed by atoms with Crippen molar-refractivity contribution in [3.8, 4) is 0 Å². The Labute approximate surface area is 91.4 Å². The molecule has 0 amide bonds. The van der Waals surface area contributed by atoms with Crippen molar-refractivity contribution in [2.24, 2.45) is 10.8 Å². The van der Waals surface area contributed by atoms with Gasteiger partial charge in [-0.2, -0.15) is 5.10 Å². The number of benzene rings is 1. The van der Waals surface area contributed by atoms with Gasteiger partial charge in [0.2, 0.25) is 0 Å². The van der Waals surface area contributed by atoms with Gasteiger partial charge in [0.15, 0.2) is 5.11 Å². The smallest absolute Gasteiger partial charge is 0.184 e. The number of para-hydroxylation sites is 1. The number of nitrogens with one attached hydrogen (secondary N) is 2. The standard InChI is InChI=1S/C9H9N5S/c10-9(15)14-13-4-6-2-1-3-7-8(6)12-5-11-7/h1-5H,(H,11,12)(H3,10,14,15). The van der Waals surface area contributed by atoms with Crippen molar-refractivity contribution >= 4 is 34.6 Å². The first-order chi connectivity index (χ1) is 7.27. The van der Waals surface area contributed by atoms with Gasteiger partial charge < -0.3 is 10.7 Å². The summed E-state index contributed by atoms with van der Waals surface area (Å²) in [5.41, 5.74) is 10.5. The van der Waals surface area contributed by atoms with Gasteiger partial charge >= 0.3 is 0 Å². The van der Waals surface area contributed by atoms with Crippen LogP contribution in [0.5, 0.6) is 0 Å². The van der Waals surface area contributed by atoms with Gasteiger partial charge in [0.05, 0.1) is 23.6 Å². The van der Waals surface area contributed by atoms with Gasteiger partial charge in [-0.1, -0.05) is 12.1 Å². The second-order valence-electron chi connectivity index (χ2n) is 2.88. The second kappa shape index (κ2) is 4.05. The lowest BCUT2D eigenvalue weighted by molar-refractivity contribution is 1.04. The van der Waals surface area contributed by atoms with Crippen LogP contribution in [0.15, 0.2) is 29.6 Å². The Morgan fingerprint density at radius 1 is 1.60 bits per heavy atom. The minimum atomic E-state index is 0.139. The molecule has 0 aliphatic carbocycles. The minimum Gasteiger partial charge on any atom is -0.375 e. The number of rotatable bonds is 2. The van der Waals surface area contributed by atoms with Crippen LogP contribution in [0.25, 0.3) is 11.0 Å². The Hall–Kier alpha value is -1.95. The number of hydrogen-bond donors (Lipinski definition) is 3. The molecule has 0 radical (unpaired) electrons. The van der Waals surface area contributed by atoms with Crippen molar-refractivity contribution in [3.63, 3.8) is 0 Å². The van der Waals surface area contributed by atoms with Crippen LogP contribution in [0.3, 0.4) is 0 Å². The van der Waals surface area contributed by atoms with Crippen LogP contribution in [0.1, 0.15) is 5.56 Å². The molecule has 0 bridgehead atoms. The Kier molecular flexibility index (Phi) is 2.59. The summed E-state index contributed by atoms with van der Waals surface area (Å²) in [7, 11) is 0. The molecule has 0 atom stereocenters. The molecule has 0 aliphatic heterocycles. The molecular weight excluding hydrogens is 210 g/mol. The number of nitrogens with zero attached hydrogens (tertiary/aromatic N) is 2. The molecular formula is C9H9N5S. The highest BCUT2D eigenvalue weighted by molar-refractivity contribution is 7.80. The number of imidazole rings is 1. The first-order valence-corrected chi connectivity index (χ1v) is 4.69. The van der Waals surface area contributed by atoms with E-state index in [1.54, 1.807) is 12.5 Å². The molecule has 0 saturated carbocycles. The number of H-pyrrole nitrogens is 1. The maximum atomic E-state index is 5.23. The average Bonchev–Trinajstić information content (AvgIpc) is 2.65. The van der Waals surface area contributed by atoms with Crippen LogP contribution in [0.2, 0.25) is 0 Å². The van der Waals surface area contributed by atoms with Gasteiger partial charge in [-0.15, -0.1) is 0 Å². The topological polar surface area (TPSA) is 79.1 Å². The number of hydrogen-bond acceptors (Lipinski definition) is 3. The molecule has 0 spiro atoms. The van der Waals surface area contributed by atoms with Crippen LogP contribution < -0.4 is 11.2 Å². The van der Waals surface area contributed by atoms with E-state index in [0.29, 0.717) is 0 Å². The normalized spacial score (nSPS) is 10.9. The van der Waals surface area contributed by atoms with Gasteiger partial charge in [-0.25, -0.2) is 4.98 Å². The highest BCUT2D eigenvalue weighted by Crippen LogP contribution is 2.11. The number of aromatic nitrogens is 2. The van der Waals surface area contributed by atoms with Crippen molar-refractivity contribution in [3.05, 3.63) is 30.1 Å². The molecule has 76 valence electrons. The average molecular weight is 219 g/mol. The lowest BCUT2D eigenvalue weighted by Gasteiger charge is -1.95. The van der Waals surface area contributed by atoms with E-state index in [-0.39, 0.29) is 5.11 Å². The molecule has 1 aromatic carbocycles. The summed E-state index contributed by atoms with van der Waals surface area (Å²) >= 11 is 4.62. The number of thiocarbonyl (C=S) groups is 1. The summed E-state index contributed by atoms with van der Waals surface area (Å²) in [5.74, 6) is 0. The molecule has 15 heavy (non-hydrogen) atoms. The maximum absolute atomic E-state index is 5.23. The number of fused-ring (bicyclic) bond motifs is 1. The Morgan fingerprint density at radius 3 is 3.27 bits per heavy atom. The molecule has 0 fully saturated rings. The van der Waals surface area contributed by atoms with E-state index >= 15 is 0 Å². The molecule has 1 aromatic heterocycles. The molecule has 6 heteroatoms. The summed E-state index contributed by atoms with van der Waals surface area (Å²) in [6, 6.07) is 5.78.